The first-order chi connectivity index (χ1) is 10.1. The topological polar surface area (TPSA) is 74.2 Å². The number of hydrogen-bond acceptors (Lipinski definition) is 4. The average molecular weight is 288 g/mol. The highest BCUT2D eigenvalue weighted by molar-refractivity contribution is 5.92. The minimum atomic E-state index is -0.156. The predicted molar refractivity (Wildman–Crippen MR) is 78.0 cm³/mol. The van der Waals surface area contributed by atoms with Crippen molar-refractivity contribution in [3.05, 3.63) is 41.6 Å². The molecule has 2 aromatic rings. The summed E-state index contributed by atoms with van der Waals surface area (Å²) >= 11 is 0. The largest absolute Gasteiger partial charge is 0.468 e. The molecule has 0 radical (unpaired) electrons. The Morgan fingerprint density at radius 2 is 2.38 bits per heavy atom. The van der Waals surface area contributed by atoms with Crippen LogP contribution >= 0.6 is 0 Å². The predicted octanol–water partition coefficient (Wildman–Crippen LogP) is 1.91. The number of H-pyrrole nitrogens is 1. The number of carbonyl (C=O) groups excluding carboxylic acids is 1. The molecule has 1 aliphatic carbocycles. The van der Waals surface area contributed by atoms with Crippen molar-refractivity contribution in [1.82, 2.24) is 20.4 Å². The van der Waals surface area contributed by atoms with Crippen LogP contribution in [0, 0.1) is 0 Å². The number of furan rings is 1. The van der Waals surface area contributed by atoms with Gasteiger partial charge in [0, 0.05) is 18.2 Å². The summed E-state index contributed by atoms with van der Waals surface area (Å²) in [6.07, 6.45) is 4.01. The van der Waals surface area contributed by atoms with Gasteiger partial charge in [-0.15, -0.1) is 0 Å². The molecule has 1 saturated carbocycles. The van der Waals surface area contributed by atoms with Crippen molar-refractivity contribution in [2.45, 2.75) is 24.8 Å². The Morgan fingerprint density at radius 3 is 3.00 bits per heavy atom. The van der Waals surface area contributed by atoms with Crippen LogP contribution in [-0.4, -0.2) is 41.6 Å². The van der Waals surface area contributed by atoms with Gasteiger partial charge in [-0.2, -0.15) is 5.10 Å². The van der Waals surface area contributed by atoms with Gasteiger partial charge in [-0.25, -0.2) is 0 Å². The summed E-state index contributed by atoms with van der Waals surface area (Å²) in [6.45, 7) is 0.477. The average Bonchev–Trinajstić information content (AvgIpc) is 2.98. The Morgan fingerprint density at radius 1 is 1.57 bits per heavy atom. The van der Waals surface area contributed by atoms with Crippen molar-refractivity contribution in [2.75, 3.05) is 20.6 Å². The van der Waals surface area contributed by atoms with Crippen LogP contribution in [-0.2, 0) is 0 Å². The fourth-order valence-corrected chi connectivity index (χ4v) is 2.35. The van der Waals surface area contributed by atoms with Gasteiger partial charge in [-0.3, -0.25) is 14.8 Å². The van der Waals surface area contributed by atoms with Gasteiger partial charge >= 0.3 is 0 Å². The third-order valence-corrected chi connectivity index (χ3v) is 3.80. The smallest absolute Gasteiger partial charge is 0.271 e. The summed E-state index contributed by atoms with van der Waals surface area (Å²) in [7, 11) is 3.91. The summed E-state index contributed by atoms with van der Waals surface area (Å²) in [6, 6.07) is 5.62. The second-order valence-corrected chi connectivity index (χ2v) is 5.69. The Hall–Kier alpha value is -2.08. The van der Waals surface area contributed by atoms with Gasteiger partial charge in [-0.05, 0) is 45.1 Å². The third-order valence-electron chi connectivity index (χ3n) is 3.80. The molecule has 0 bridgehead atoms. The second kappa shape index (κ2) is 5.73. The number of carbonyl (C=O) groups is 1. The van der Waals surface area contributed by atoms with E-state index in [4.69, 9.17) is 4.42 Å². The van der Waals surface area contributed by atoms with Crippen molar-refractivity contribution >= 4 is 5.91 Å². The molecule has 1 atom stereocenters. The molecule has 0 saturated heterocycles. The molecular weight excluding hydrogens is 268 g/mol. The normalized spacial score (nSPS) is 16.1. The quantitative estimate of drug-likeness (QED) is 0.851. The highest BCUT2D eigenvalue weighted by Crippen LogP contribution is 2.38. The van der Waals surface area contributed by atoms with Gasteiger partial charge in [0.2, 0.25) is 0 Å². The molecule has 0 spiro atoms. The zero-order chi connectivity index (χ0) is 14.8. The molecule has 1 aliphatic rings. The van der Waals surface area contributed by atoms with Crippen molar-refractivity contribution in [2.24, 2.45) is 0 Å². The summed E-state index contributed by atoms with van der Waals surface area (Å²) in [5.74, 6) is 1.24. The van der Waals surface area contributed by atoms with Crippen molar-refractivity contribution in [3.63, 3.8) is 0 Å². The van der Waals surface area contributed by atoms with Crippen LogP contribution in [0.1, 0.15) is 46.7 Å². The highest BCUT2D eigenvalue weighted by Gasteiger charge is 2.26. The SMILES string of the molecule is CN(C)C(CNC(=O)c1cc(C2CC2)[nH]n1)c1ccco1. The van der Waals surface area contributed by atoms with Gasteiger partial charge in [0.05, 0.1) is 12.3 Å². The Bertz CT molecular complexity index is 599. The molecule has 1 unspecified atom stereocenters. The maximum Gasteiger partial charge on any atom is 0.271 e. The maximum absolute atomic E-state index is 12.2. The number of amides is 1. The minimum absolute atomic E-state index is 0.00537. The molecule has 112 valence electrons. The number of rotatable bonds is 6. The lowest BCUT2D eigenvalue weighted by atomic mass is 10.2. The molecule has 6 heteroatoms. The first kappa shape index (κ1) is 13.9. The number of nitrogens with zero attached hydrogens (tertiary/aromatic N) is 2. The van der Waals surface area contributed by atoms with E-state index in [0.717, 1.165) is 11.5 Å². The molecule has 2 heterocycles. The monoisotopic (exact) mass is 288 g/mol. The standard InChI is InChI=1S/C15H20N4O2/c1-19(2)13(14-4-3-7-21-14)9-16-15(20)12-8-11(17-18-12)10-5-6-10/h3-4,7-8,10,13H,5-6,9H2,1-2H3,(H,16,20)(H,17,18). The van der Waals surface area contributed by atoms with E-state index in [-0.39, 0.29) is 11.9 Å². The van der Waals surface area contributed by atoms with E-state index < -0.39 is 0 Å². The van der Waals surface area contributed by atoms with Crippen LogP contribution in [0.2, 0.25) is 0 Å². The second-order valence-electron chi connectivity index (χ2n) is 5.69. The van der Waals surface area contributed by atoms with Gasteiger partial charge in [0.1, 0.15) is 11.5 Å². The Kier molecular flexibility index (Phi) is 3.79. The van der Waals surface area contributed by atoms with E-state index in [1.54, 1.807) is 6.26 Å². The zero-order valence-electron chi connectivity index (χ0n) is 12.3. The van der Waals surface area contributed by atoms with E-state index in [9.17, 15) is 4.79 Å². The van der Waals surface area contributed by atoms with Gasteiger partial charge in [-0.1, -0.05) is 0 Å². The lowest BCUT2D eigenvalue weighted by Gasteiger charge is -2.22. The van der Waals surface area contributed by atoms with Crippen molar-refractivity contribution in [1.29, 1.82) is 0 Å². The molecule has 2 aromatic heterocycles. The fourth-order valence-electron chi connectivity index (χ4n) is 2.35. The third kappa shape index (κ3) is 3.16. The number of hydrogen-bond donors (Lipinski definition) is 2. The molecule has 2 N–H and O–H groups in total. The van der Waals surface area contributed by atoms with E-state index in [2.05, 4.69) is 15.5 Å². The fraction of sp³-hybridized carbons (Fsp3) is 0.467. The van der Waals surface area contributed by atoms with Gasteiger partial charge in [0.15, 0.2) is 0 Å². The van der Waals surface area contributed by atoms with Crippen LogP contribution in [0.15, 0.2) is 28.9 Å². The van der Waals surface area contributed by atoms with Crippen LogP contribution in [0.5, 0.6) is 0 Å². The molecule has 1 fully saturated rings. The maximum atomic E-state index is 12.2. The molecule has 0 aliphatic heterocycles. The number of likely N-dealkylation sites (N-methyl/N-ethyl adjacent to an activating group) is 1. The van der Waals surface area contributed by atoms with Gasteiger partial charge < -0.3 is 9.73 Å². The van der Waals surface area contributed by atoms with E-state index in [0.29, 0.717) is 18.2 Å². The molecule has 0 aromatic carbocycles. The highest BCUT2D eigenvalue weighted by atomic mass is 16.3. The summed E-state index contributed by atoms with van der Waals surface area (Å²) in [4.78, 5) is 14.2. The lowest BCUT2D eigenvalue weighted by molar-refractivity contribution is 0.0934. The molecular formula is C15H20N4O2. The summed E-state index contributed by atoms with van der Waals surface area (Å²) in [5.41, 5.74) is 1.52. The number of nitrogens with one attached hydrogen (secondary N) is 2. The summed E-state index contributed by atoms with van der Waals surface area (Å²) < 4.78 is 5.42. The van der Waals surface area contributed by atoms with Crippen LogP contribution in [0.4, 0.5) is 0 Å². The van der Waals surface area contributed by atoms with Crippen LogP contribution < -0.4 is 5.32 Å². The summed E-state index contributed by atoms with van der Waals surface area (Å²) in [5, 5.41) is 9.95. The first-order valence-corrected chi connectivity index (χ1v) is 7.18. The zero-order valence-corrected chi connectivity index (χ0v) is 12.3. The lowest BCUT2D eigenvalue weighted by Crippen LogP contribution is -2.34. The van der Waals surface area contributed by atoms with E-state index in [1.165, 1.54) is 12.8 Å². The molecule has 1 amide bonds. The van der Waals surface area contributed by atoms with Crippen molar-refractivity contribution in [3.8, 4) is 0 Å². The van der Waals surface area contributed by atoms with Crippen LogP contribution in [0.25, 0.3) is 0 Å². The number of aromatic amines is 1. The Balaban J connectivity index is 1.60. The number of aromatic nitrogens is 2. The van der Waals surface area contributed by atoms with E-state index >= 15 is 0 Å². The minimum Gasteiger partial charge on any atom is -0.468 e. The van der Waals surface area contributed by atoms with Gasteiger partial charge in [0.25, 0.3) is 5.91 Å². The van der Waals surface area contributed by atoms with Crippen molar-refractivity contribution < 1.29 is 9.21 Å². The van der Waals surface area contributed by atoms with E-state index in [1.807, 2.05) is 37.2 Å². The van der Waals surface area contributed by atoms with Crippen LogP contribution in [0.3, 0.4) is 0 Å². The molecule has 6 nitrogen and oxygen atoms in total. The Labute approximate surface area is 123 Å². The first-order valence-electron chi connectivity index (χ1n) is 7.18. The molecule has 3 rings (SSSR count). The molecule has 21 heavy (non-hydrogen) atoms.